The molecule has 1 aromatic carbocycles. The van der Waals surface area contributed by atoms with E-state index in [0.29, 0.717) is 39.5 Å². The third-order valence-corrected chi connectivity index (χ3v) is 5.34. The lowest BCUT2D eigenvalue weighted by Gasteiger charge is -2.13. The van der Waals surface area contributed by atoms with Gasteiger partial charge in [0.05, 0.1) is 39.1 Å². The Morgan fingerprint density at radius 2 is 1.34 bits per heavy atom. The monoisotopic (exact) mass is 452 g/mol. The normalized spacial score (nSPS) is 12.1. The van der Waals surface area contributed by atoms with Crippen molar-refractivity contribution in [2.24, 2.45) is 0 Å². The first-order valence-electron chi connectivity index (χ1n) is 12.1. The predicted octanol–water partition coefficient (Wildman–Crippen LogP) is 6.15. The summed E-state index contributed by atoms with van der Waals surface area (Å²) in [6.45, 7) is 7.41. The molecule has 184 valence electrons. The molecule has 32 heavy (non-hydrogen) atoms. The number of ether oxygens (including phenoxy) is 4. The fourth-order valence-electron chi connectivity index (χ4n) is 3.35. The van der Waals surface area contributed by atoms with Crippen LogP contribution in [-0.2, 0) is 19.1 Å². The molecule has 0 saturated carbocycles. The molecule has 0 aliphatic rings. The zero-order chi connectivity index (χ0) is 23.1. The van der Waals surface area contributed by atoms with Crippen molar-refractivity contribution in [3.05, 3.63) is 36.4 Å². The van der Waals surface area contributed by atoms with Gasteiger partial charge in [-0.3, -0.25) is 5.26 Å². The van der Waals surface area contributed by atoms with Gasteiger partial charge >= 0.3 is 0 Å². The third kappa shape index (κ3) is 16.2. The Hall–Kier alpha value is -1.44. The van der Waals surface area contributed by atoms with E-state index in [-0.39, 0.29) is 6.10 Å². The number of hydrogen-bond acceptors (Lipinski definition) is 6. The highest BCUT2D eigenvalue weighted by atomic mass is 17.1. The smallest absolute Gasteiger partial charge is 0.119 e. The van der Waals surface area contributed by atoms with Gasteiger partial charge in [0.1, 0.15) is 5.75 Å². The van der Waals surface area contributed by atoms with Crippen LogP contribution in [0.4, 0.5) is 0 Å². The molecule has 1 aromatic rings. The molecule has 0 saturated heterocycles. The van der Waals surface area contributed by atoms with Crippen LogP contribution in [0.1, 0.15) is 69.8 Å². The fourth-order valence-corrected chi connectivity index (χ4v) is 3.35. The zero-order valence-electron chi connectivity index (χ0n) is 20.0. The molecule has 1 atom stereocenters. The van der Waals surface area contributed by atoms with Crippen LogP contribution in [0.2, 0.25) is 0 Å². The van der Waals surface area contributed by atoms with Gasteiger partial charge in [0.2, 0.25) is 0 Å². The van der Waals surface area contributed by atoms with Crippen LogP contribution in [0.15, 0.2) is 30.8 Å². The van der Waals surface area contributed by atoms with Gasteiger partial charge < -0.3 is 18.9 Å². The number of methoxy groups -OCH3 is 1. The van der Waals surface area contributed by atoms with E-state index in [1.54, 1.807) is 7.11 Å². The highest BCUT2D eigenvalue weighted by Gasteiger charge is 2.08. The summed E-state index contributed by atoms with van der Waals surface area (Å²) in [7, 11) is 1.65. The molecule has 1 N–H and O–H groups in total. The summed E-state index contributed by atoms with van der Waals surface area (Å²) >= 11 is 0. The second kappa shape index (κ2) is 21.4. The molecule has 0 radical (unpaired) electrons. The molecule has 0 fully saturated rings. The van der Waals surface area contributed by atoms with Gasteiger partial charge in [-0.1, -0.05) is 69.7 Å². The van der Waals surface area contributed by atoms with Crippen molar-refractivity contribution in [1.29, 1.82) is 0 Å². The molecule has 0 aliphatic heterocycles. The first-order valence-corrected chi connectivity index (χ1v) is 12.1. The van der Waals surface area contributed by atoms with E-state index in [2.05, 4.69) is 11.5 Å². The van der Waals surface area contributed by atoms with E-state index in [0.717, 1.165) is 37.2 Å². The van der Waals surface area contributed by atoms with Crippen LogP contribution in [0.5, 0.6) is 5.75 Å². The van der Waals surface area contributed by atoms with Crippen LogP contribution in [0.3, 0.4) is 0 Å². The number of hydrogen-bond donors (Lipinski definition) is 1. The minimum Gasteiger partial charge on any atom is -0.494 e. The van der Waals surface area contributed by atoms with Crippen molar-refractivity contribution >= 4 is 6.08 Å². The Kier molecular flexibility index (Phi) is 19.1. The Balaban J connectivity index is 1.84. The molecule has 6 nitrogen and oxygen atoms in total. The van der Waals surface area contributed by atoms with E-state index in [1.807, 2.05) is 30.3 Å². The van der Waals surface area contributed by atoms with Gasteiger partial charge in [-0.15, -0.1) is 0 Å². The molecule has 6 heteroatoms. The largest absolute Gasteiger partial charge is 0.494 e. The predicted molar refractivity (Wildman–Crippen MR) is 129 cm³/mol. The van der Waals surface area contributed by atoms with Gasteiger partial charge in [0.15, 0.2) is 0 Å². The van der Waals surface area contributed by atoms with Gasteiger partial charge in [-0.25, -0.2) is 4.89 Å². The first-order chi connectivity index (χ1) is 15.8. The highest BCUT2D eigenvalue weighted by Crippen LogP contribution is 2.15. The van der Waals surface area contributed by atoms with Crippen molar-refractivity contribution in [1.82, 2.24) is 0 Å². The summed E-state index contributed by atoms with van der Waals surface area (Å²) < 4.78 is 21.5. The van der Waals surface area contributed by atoms with E-state index in [1.165, 1.54) is 38.5 Å². The summed E-state index contributed by atoms with van der Waals surface area (Å²) in [4.78, 5) is 4.59. The van der Waals surface area contributed by atoms with Crippen molar-refractivity contribution < 1.29 is 29.1 Å². The molecule has 1 unspecified atom stereocenters. The summed E-state index contributed by atoms with van der Waals surface area (Å²) in [5.74, 6) is 0.930. The minimum absolute atomic E-state index is 0.141. The van der Waals surface area contributed by atoms with E-state index in [4.69, 9.17) is 24.2 Å². The van der Waals surface area contributed by atoms with Crippen molar-refractivity contribution in [3.63, 3.8) is 0 Å². The van der Waals surface area contributed by atoms with Crippen molar-refractivity contribution in [2.75, 3.05) is 46.8 Å². The minimum atomic E-state index is -0.141. The molecular formula is C26H44O6. The van der Waals surface area contributed by atoms with Crippen LogP contribution in [0, 0.1) is 0 Å². The first kappa shape index (κ1) is 28.6. The standard InChI is InChI=1S/C26H44O6/c1-3-24-13-15-25(16-14-24)31-18-11-9-7-5-4-6-8-10-12-26(32-27)17-19-29-22-23-30-21-20-28-2/h3,13-16,26-27H,1,4-12,17-23H2,2H3. The van der Waals surface area contributed by atoms with E-state index < -0.39 is 0 Å². The lowest BCUT2D eigenvalue weighted by atomic mass is 10.0. The van der Waals surface area contributed by atoms with Gasteiger partial charge in [-0.05, 0) is 30.5 Å². The van der Waals surface area contributed by atoms with Crippen molar-refractivity contribution in [3.8, 4) is 5.75 Å². The van der Waals surface area contributed by atoms with Crippen LogP contribution < -0.4 is 4.74 Å². The van der Waals surface area contributed by atoms with Gasteiger partial charge in [-0.2, -0.15) is 0 Å². The fraction of sp³-hybridized carbons (Fsp3) is 0.692. The SMILES string of the molecule is C=Cc1ccc(OCCCCCCCCCCC(CCOCCOCCOC)OO)cc1. The molecule has 0 aromatic heterocycles. The molecule has 0 bridgehead atoms. The van der Waals surface area contributed by atoms with Gasteiger partial charge in [0, 0.05) is 20.1 Å². The highest BCUT2D eigenvalue weighted by molar-refractivity contribution is 5.48. The van der Waals surface area contributed by atoms with E-state index >= 15 is 0 Å². The van der Waals surface area contributed by atoms with Crippen LogP contribution in [0.25, 0.3) is 6.08 Å². The average molecular weight is 453 g/mol. The molecule has 0 aliphatic carbocycles. The maximum absolute atomic E-state index is 9.06. The molecule has 0 spiro atoms. The van der Waals surface area contributed by atoms with Crippen LogP contribution >= 0.6 is 0 Å². The van der Waals surface area contributed by atoms with Crippen LogP contribution in [-0.4, -0.2) is 58.1 Å². The molecule has 0 amide bonds. The maximum Gasteiger partial charge on any atom is 0.119 e. The quantitative estimate of drug-likeness (QED) is 0.122. The molecule has 0 heterocycles. The molecular weight excluding hydrogens is 408 g/mol. The summed E-state index contributed by atoms with van der Waals surface area (Å²) in [5.41, 5.74) is 1.11. The summed E-state index contributed by atoms with van der Waals surface area (Å²) in [5, 5.41) is 9.06. The second-order valence-corrected chi connectivity index (χ2v) is 7.97. The summed E-state index contributed by atoms with van der Waals surface area (Å²) in [6, 6.07) is 8.04. The number of unbranched alkanes of at least 4 members (excludes halogenated alkanes) is 7. The second-order valence-electron chi connectivity index (χ2n) is 7.97. The number of rotatable bonds is 23. The molecule has 1 rings (SSSR count). The summed E-state index contributed by atoms with van der Waals surface area (Å²) in [6.07, 6.45) is 12.9. The number of benzene rings is 1. The van der Waals surface area contributed by atoms with E-state index in [9.17, 15) is 0 Å². The Labute approximate surface area is 194 Å². The Morgan fingerprint density at radius 3 is 1.97 bits per heavy atom. The lowest BCUT2D eigenvalue weighted by molar-refractivity contribution is -0.282. The van der Waals surface area contributed by atoms with Crippen molar-refractivity contribution in [2.45, 2.75) is 70.3 Å². The van der Waals surface area contributed by atoms with Gasteiger partial charge in [0.25, 0.3) is 0 Å². The maximum atomic E-state index is 9.06. The zero-order valence-corrected chi connectivity index (χ0v) is 20.0. The average Bonchev–Trinajstić information content (AvgIpc) is 2.83. The Morgan fingerprint density at radius 1 is 0.750 bits per heavy atom. The topological polar surface area (TPSA) is 66.4 Å². The Bertz CT molecular complexity index is 534. The third-order valence-electron chi connectivity index (χ3n) is 5.34. The lowest BCUT2D eigenvalue weighted by Crippen LogP contribution is -2.15.